The molecule has 0 spiro atoms. The van der Waals surface area contributed by atoms with Crippen LogP contribution < -0.4 is 0 Å². The molecule has 1 aliphatic heterocycles. The van der Waals surface area contributed by atoms with Gasteiger partial charge in [-0.2, -0.15) is 0 Å². The summed E-state index contributed by atoms with van der Waals surface area (Å²) in [5.74, 6) is 0.815. The molecule has 5 rings (SSSR count). The average Bonchev–Trinajstić information content (AvgIpc) is 3.25. The first-order valence-electron chi connectivity index (χ1n) is 10.2. The van der Waals surface area contributed by atoms with Crippen molar-refractivity contribution in [1.82, 2.24) is 19.9 Å². The van der Waals surface area contributed by atoms with E-state index in [1.54, 1.807) is 6.20 Å². The molecule has 0 unspecified atom stereocenters. The Morgan fingerprint density at radius 3 is 2.33 bits per heavy atom. The minimum atomic E-state index is 0.0434. The zero-order valence-electron chi connectivity index (χ0n) is 16.7. The molecule has 1 aliphatic rings. The van der Waals surface area contributed by atoms with E-state index in [2.05, 4.69) is 39.1 Å². The van der Waals surface area contributed by atoms with Crippen molar-refractivity contribution in [1.29, 1.82) is 0 Å². The number of nitrogens with one attached hydrogen (secondary N) is 1. The molecule has 152 valence electrons. The van der Waals surface area contributed by atoms with Gasteiger partial charge in [0.25, 0.3) is 0 Å². The molecule has 2 aromatic heterocycles. The van der Waals surface area contributed by atoms with Crippen molar-refractivity contribution in [2.45, 2.75) is 13.2 Å². The summed E-state index contributed by atoms with van der Waals surface area (Å²) in [6.45, 7) is 4.59. The minimum Gasteiger partial charge on any atom is -0.392 e. The Balaban J connectivity index is 1.42. The number of H-pyrrole nitrogens is 1. The lowest BCUT2D eigenvalue weighted by Gasteiger charge is -2.26. The third-order valence-electron chi connectivity index (χ3n) is 5.58. The molecule has 4 aromatic rings. The lowest BCUT2D eigenvalue weighted by Crippen LogP contribution is -2.35. The van der Waals surface area contributed by atoms with Crippen LogP contribution in [-0.4, -0.2) is 51.3 Å². The number of hydrogen-bond acceptors (Lipinski definition) is 5. The van der Waals surface area contributed by atoms with Crippen LogP contribution in [0, 0.1) is 0 Å². The second kappa shape index (κ2) is 8.36. The first-order chi connectivity index (χ1) is 14.8. The van der Waals surface area contributed by atoms with Gasteiger partial charge in [0.1, 0.15) is 5.82 Å². The van der Waals surface area contributed by atoms with Crippen molar-refractivity contribution < 1.29 is 9.84 Å². The summed E-state index contributed by atoms with van der Waals surface area (Å²) in [5.41, 5.74) is 6.96. The van der Waals surface area contributed by atoms with Gasteiger partial charge in [0.2, 0.25) is 0 Å². The Kier molecular flexibility index (Phi) is 5.27. The number of fused-ring (bicyclic) bond motifs is 1. The Morgan fingerprint density at radius 2 is 1.60 bits per heavy atom. The monoisotopic (exact) mass is 400 g/mol. The molecule has 0 aliphatic carbocycles. The highest BCUT2D eigenvalue weighted by Crippen LogP contribution is 2.29. The molecule has 1 fully saturated rings. The van der Waals surface area contributed by atoms with Gasteiger partial charge >= 0.3 is 0 Å². The van der Waals surface area contributed by atoms with E-state index < -0.39 is 0 Å². The average molecular weight is 400 g/mol. The number of pyridine rings is 1. The molecule has 2 N–H and O–H groups in total. The van der Waals surface area contributed by atoms with E-state index in [4.69, 9.17) is 9.72 Å². The zero-order valence-corrected chi connectivity index (χ0v) is 16.7. The number of aromatic nitrogens is 3. The molecular formula is C24H24N4O2. The van der Waals surface area contributed by atoms with Gasteiger partial charge in [-0.25, -0.2) is 9.97 Å². The highest BCUT2D eigenvalue weighted by molar-refractivity contribution is 5.91. The molecule has 1 saturated heterocycles. The zero-order chi connectivity index (χ0) is 20.3. The summed E-state index contributed by atoms with van der Waals surface area (Å²) in [4.78, 5) is 15.0. The van der Waals surface area contributed by atoms with Crippen LogP contribution in [-0.2, 0) is 17.9 Å². The Labute approximate surface area is 175 Å². The number of aliphatic hydroxyl groups is 1. The lowest BCUT2D eigenvalue weighted by molar-refractivity contribution is 0.0342. The van der Waals surface area contributed by atoms with Crippen molar-refractivity contribution >= 4 is 11.2 Å². The van der Waals surface area contributed by atoms with Gasteiger partial charge in [0.05, 0.1) is 25.3 Å². The number of benzene rings is 2. The fourth-order valence-corrected chi connectivity index (χ4v) is 3.86. The molecule has 0 bridgehead atoms. The molecule has 0 saturated carbocycles. The van der Waals surface area contributed by atoms with Crippen LogP contribution in [0.1, 0.15) is 11.1 Å². The summed E-state index contributed by atoms with van der Waals surface area (Å²) in [5, 5.41) is 9.28. The topological polar surface area (TPSA) is 74.3 Å². The predicted molar refractivity (Wildman–Crippen MR) is 117 cm³/mol. The number of aromatic amines is 1. The van der Waals surface area contributed by atoms with Gasteiger partial charge in [-0.1, -0.05) is 48.5 Å². The number of imidazole rings is 1. The summed E-state index contributed by atoms with van der Waals surface area (Å²) in [7, 11) is 0. The van der Waals surface area contributed by atoms with E-state index in [0.29, 0.717) is 5.65 Å². The molecule has 30 heavy (non-hydrogen) atoms. The third-order valence-corrected chi connectivity index (χ3v) is 5.58. The number of rotatable bonds is 5. The molecule has 0 radical (unpaired) electrons. The largest absolute Gasteiger partial charge is 0.392 e. The van der Waals surface area contributed by atoms with Gasteiger partial charge in [0, 0.05) is 37.0 Å². The minimum absolute atomic E-state index is 0.0434. The van der Waals surface area contributed by atoms with Crippen molar-refractivity contribution in [2.24, 2.45) is 0 Å². The summed E-state index contributed by atoms with van der Waals surface area (Å²) < 4.78 is 5.43. The maximum Gasteiger partial charge on any atom is 0.178 e. The summed E-state index contributed by atoms with van der Waals surface area (Å²) in [6.07, 6.45) is 1.79. The van der Waals surface area contributed by atoms with Gasteiger partial charge < -0.3 is 14.8 Å². The molecule has 2 aromatic carbocycles. The molecule has 0 atom stereocenters. The van der Waals surface area contributed by atoms with Crippen molar-refractivity contribution in [2.75, 3.05) is 26.3 Å². The van der Waals surface area contributed by atoms with Crippen LogP contribution in [0.25, 0.3) is 33.7 Å². The number of morpholine rings is 1. The Hall–Kier alpha value is -3.06. The van der Waals surface area contributed by atoms with Crippen LogP contribution in [0.15, 0.2) is 60.8 Å². The normalized spacial score (nSPS) is 15.0. The van der Waals surface area contributed by atoms with Crippen molar-refractivity contribution in [3.8, 4) is 22.5 Å². The van der Waals surface area contributed by atoms with Crippen molar-refractivity contribution in [3.05, 3.63) is 71.9 Å². The van der Waals surface area contributed by atoms with Crippen LogP contribution >= 0.6 is 0 Å². The second-order valence-electron chi connectivity index (χ2n) is 7.58. The SMILES string of the molecule is OCc1ccc(-c2ccnc3nc(-c4ccc(CN5CCOCC5)cc4)[nH]c23)cc1. The fourth-order valence-electron chi connectivity index (χ4n) is 3.86. The van der Waals surface area contributed by atoms with E-state index >= 15 is 0 Å². The molecular weight excluding hydrogens is 376 g/mol. The summed E-state index contributed by atoms with van der Waals surface area (Å²) >= 11 is 0. The van der Waals surface area contributed by atoms with Gasteiger partial charge in [-0.3, -0.25) is 4.90 Å². The fraction of sp³-hybridized carbons (Fsp3) is 0.250. The molecule has 3 heterocycles. The second-order valence-corrected chi connectivity index (χ2v) is 7.58. The Morgan fingerprint density at radius 1 is 0.900 bits per heavy atom. The van der Waals surface area contributed by atoms with Crippen LogP contribution in [0.2, 0.25) is 0 Å². The first-order valence-corrected chi connectivity index (χ1v) is 10.2. The highest BCUT2D eigenvalue weighted by Gasteiger charge is 2.13. The van der Waals surface area contributed by atoms with Gasteiger partial charge in [0.15, 0.2) is 5.65 Å². The van der Waals surface area contributed by atoms with E-state index in [0.717, 1.165) is 66.4 Å². The van der Waals surface area contributed by atoms with E-state index in [-0.39, 0.29) is 6.61 Å². The quantitative estimate of drug-likeness (QED) is 0.535. The van der Waals surface area contributed by atoms with E-state index in [9.17, 15) is 5.11 Å². The van der Waals surface area contributed by atoms with Gasteiger partial charge in [-0.15, -0.1) is 0 Å². The van der Waals surface area contributed by atoms with E-state index in [1.165, 1.54) is 5.56 Å². The Bertz CT molecular complexity index is 1130. The first kappa shape index (κ1) is 18.9. The van der Waals surface area contributed by atoms with Gasteiger partial charge in [-0.05, 0) is 22.8 Å². The number of nitrogens with zero attached hydrogens (tertiary/aromatic N) is 3. The van der Waals surface area contributed by atoms with Crippen LogP contribution in [0.5, 0.6) is 0 Å². The molecule has 6 heteroatoms. The third kappa shape index (κ3) is 3.85. The number of ether oxygens (including phenoxy) is 1. The number of hydrogen-bond donors (Lipinski definition) is 2. The van der Waals surface area contributed by atoms with Crippen LogP contribution in [0.4, 0.5) is 0 Å². The van der Waals surface area contributed by atoms with Crippen molar-refractivity contribution in [3.63, 3.8) is 0 Å². The predicted octanol–water partition coefficient (Wildman–Crippen LogP) is 3.62. The van der Waals surface area contributed by atoms with Crippen LogP contribution in [0.3, 0.4) is 0 Å². The standard InChI is InChI=1S/C24H24N4O2/c29-16-18-3-5-19(6-4-18)21-9-10-25-24-22(21)26-23(27-24)20-7-1-17(2-8-20)15-28-11-13-30-14-12-28/h1-10,29H,11-16H2,(H,25,26,27). The maximum absolute atomic E-state index is 9.28. The highest BCUT2D eigenvalue weighted by atomic mass is 16.5. The van der Waals surface area contributed by atoms with E-state index in [1.807, 2.05) is 30.3 Å². The lowest BCUT2D eigenvalue weighted by atomic mass is 10.0. The summed E-state index contributed by atoms with van der Waals surface area (Å²) in [6, 6.07) is 18.5. The smallest absolute Gasteiger partial charge is 0.178 e. The maximum atomic E-state index is 9.28. The number of aliphatic hydroxyl groups excluding tert-OH is 1. The molecule has 6 nitrogen and oxygen atoms in total. The molecule has 0 amide bonds.